The number of ether oxygens (including phenoxy) is 1. The lowest BCUT2D eigenvalue weighted by Crippen LogP contribution is -2.24. The molecular formula is C14H18N2O3S. The van der Waals surface area contributed by atoms with Crippen LogP contribution in [0, 0.1) is 6.92 Å². The third-order valence-corrected chi connectivity index (χ3v) is 3.78. The minimum absolute atomic E-state index is 0.408. The number of hydrogen-bond donors (Lipinski definition) is 2. The van der Waals surface area contributed by atoms with E-state index in [0.29, 0.717) is 18.8 Å². The zero-order valence-electron chi connectivity index (χ0n) is 11.5. The number of hydrogen-bond acceptors (Lipinski definition) is 4. The van der Waals surface area contributed by atoms with Gasteiger partial charge in [0.05, 0.1) is 11.0 Å². The van der Waals surface area contributed by atoms with Gasteiger partial charge in [-0.15, -0.1) is 0 Å². The van der Waals surface area contributed by atoms with Gasteiger partial charge in [-0.05, 0) is 38.0 Å². The molecule has 0 aliphatic heterocycles. The molecule has 0 amide bonds. The van der Waals surface area contributed by atoms with E-state index in [1.165, 1.54) is 17.3 Å². The number of benzene rings is 1. The molecule has 1 heterocycles. The van der Waals surface area contributed by atoms with Crippen LogP contribution in [0.15, 0.2) is 23.4 Å². The molecule has 0 saturated heterocycles. The van der Waals surface area contributed by atoms with Crippen LogP contribution in [0.25, 0.3) is 11.0 Å². The molecule has 5 nitrogen and oxygen atoms in total. The molecule has 1 aromatic heterocycles. The van der Waals surface area contributed by atoms with Crippen molar-refractivity contribution in [3.63, 3.8) is 0 Å². The van der Waals surface area contributed by atoms with Crippen LogP contribution in [0.2, 0.25) is 0 Å². The van der Waals surface area contributed by atoms with Gasteiger partial charge in [-0.3, -0.25) is 0 Å². The maximum absolute atomic E-state index is 11.0. The average molecular weight is 294 g/mol. The number of nitrogens with zero attached hydrogens (tertiary/aromatic N) is 1. The maximum atomic E-state index is 11.0. The van der Waals surface area contributed by atoms with Gasteiger partial charge in [0.2, 0.25) is 0 Å². The van der Waals surface area contributed by atoms with Crippen molar-refractivity contribution in [3.05, 3.63) is 23.8 Å². The highest BCUT2D eigenvalue weighted by molar-refractivity contribution is 7.99. The second-order valence-corrected chi connectivity index (χ2v) is 5.57. The van der Waals surface area contributed by atoms with Crippen molar-refractivity contribution < 1.29 is 14.6 Å². The predicted molar refractivity (Wildman–Crippen MR) is 79.2 cm³/mol. The Balaban J connectivity index is 1.93. The molecule has 6 heteroatoms. The molecule has 0 spiro atoms. The number of carboxylic acid groups (broad SMARTS) is 1. The van der Waals surface area contributed by atoms with Crippen LogP contribution in [0.4, 0.5) is 0 Å². The standard InChI is InChI=1S/C14H18N2O3S/c1-3-19-12(13(17)18)6-7-20-14-15-10-5-4-9(2)8-11(10)16-14/h4-5,8,12H,3,6-7H2,1-2H3,(H,15,16)(H,17,18). The first-order valence-electron chi connectivity index (χ1n) is 6.53. The fourth-order valence-corrected chi connectivity index (χ4v) is 2.78. The van der Waals surface area contributed by atoms with Gasteiger partial charge < -0.3 is 14.8 Å². The summed E-state index contributed by atoms with van der Waals surface area (Å²) in [6.45, 7) is 4.24. The first-order valence-corrected chi connectivity index (χ1v) is 7.52. The molecule has 0 radical (unpaired) electrons. The number of aromatic nitrogens is 2. The molecule has 0 bridgehead atoms. The number of fused-ring (bicyclic) bond motifs is 1. The Hall–Kier alpha value is -1.53. The van der Waals surface area contributed by atoms with Crippen LogP contribution in [-0.2, 0) is 9.53 Å². The van der Waals surface area contributed by atoms with E-state index in [4.69, 9.17) is 9.84 Å². The Morgan fingerprint density at radius 3 is 3.05 bits per heavy atom. The fourth-order valence-electron chi connectivity index (χ4n) is 1.91. The first-order chi connectivity index (χ1) is 9.60. The van der Waals surface area contributed by atoms with Crippen molar-refractivity contribution in [1.82, 2.24) is 9.97 Å². The molecule has 1 aromatic carbocycles. The van der Waals surface area contributed by atoms with Crippen LogP contribution in [0.1, 0.15) is 18.9 Å². The Labute approximate surface area is 121 Å². The quantitative estimate of drug-likeness (QED) is 0.768. The zero-order chi connectivity index (χ0) is 14.5. The molecule has 2 rings (SSSR count). The minimum atomic E-state index is -0.910. The van der Waals surface area contributed by atoms with E-state index in [9.17, 15) is 4.79 Å². The summed E-state index contributed by atoms with van der Waals surface area (Å²) >= 11 is 1.51. The monoisotopic (exact) mass is 294 g/mol. The molecule has 0 fully saturated rings. The highest BCUT2D eigenvalue weighted by atomic mass is 32.2. The van der Waals surface area contributed by atoms with Gasteiger partial charge in [0.15, 0.2) is 11.3 Å². The molecule has 1 atom stereocenters. The zero-order valence-corrected chi connectivity index (χ0v) is 12.4. The number of aromatic amines is 1. The van der Waals surface area contributed by atoms with Gasteiger partial charge in [0.1, 0.15) is 0 Å². The van der Waals surface area contributed by atoms with Gasteiger partial charge in [-0.2, -0.15) is 0 Å². The second-order valence-electron chi connectivity index (χ2n) is 4.48. The molecule has 108 valence electrons. The SMILES string of the molecule is CCOC(CCSc1nc2ccc(C)cc2[nH]1)C(=O)O. The number of nitrogens with one attached hydrogen (secondary N) is 1. The topological polar surface area (TPSA) is 75.2 Å². The van der Waals surface area contributed by atoms with Crippen molar-refractivity contribution >= 4 is 28.8 Å². The highest BCUT2D eigenvalue weighted by Gasteiger charge is 2.17. The molecule has 1 unspecified atom stereocenters. The molecule has 20 heavy (non-hydrogen) atoms. The van der Waals surface area contributed by atoms with Crippen molar-refractivity contribution in [3.8, 4) is 0 Å². The lowest BCUT2D eigenvalue weighted by molar-refractivity contribution is -0.150. The molecule has 2 N–H and O–H groups in total. The van der Waals surface area contributed by atoms with E-state index in [1.807, 2.05) is 25.1 Å². The number of carbonyl (C=O) groups is 1. The van der Waals surface area contributed by atoms with Gasteiger partial charge in [-0.1, -0.05) is 17.8 Å². The van der Waals surface area contributed by atoms with Crippen molar-refractivity contribution in [2.45, 2.75) is 31.5 Å². The van der Waals surface area contributed by atoms with E-state index in [2.05, 4.69) is 9.97 Å². The van der Waals surface area contributed by atoms with Crippen molar-refractivity contribution in [2.24, 2.45) is 0 Å². The number of thioether (sulfide) groups is 1. The Morgan fingerprint density at radius 1 is 1.55 bits per heavy atom. The summed E-state index contributed by atoms with van der Waals surface area (Å²) in [6.07, 6.45) is -0.275. The van der Waals surface area contributed by atoms with Crippen molar-refractivity contribution in [2.75, 3.05) is 12.4 Å². The van der Waals surface area contributed by atoms with Crippen LogP contribution in [-0.4, -0.2) is 39.5 Å². The van der Waals surface area contributed by atoms with Crippen LogP contribution >= 0.6 is 11.8 Å². The summed E-state index contributed by atoms with van der Waals surface area (Å²) in [5.41, 5.74) is 3.12. The van der Waals surface area contributed by atoms with Crippen LogP contribution in [0.5, 0.6) is 0 Å². The smallest absolute Gasteiger partial charge is 0.332 e. The Morgan fingerprint density at radius 2 is 2.35 bits per heavy atom. The lowest BCUT2D eigenvalue weighted by Gasteiger charge is -2.10. The summed E-state index contributed by atoms with van der Waals surface area (Å²) in [4.78, 5) is 18.6. The maximum Gasteiger partial charge on any atom is 0.332 e. The largest absolute Gasteiger partial charge is 0.479 e. The van der Waals surface area contributed by atoms with E-state index in [1.54, 1.807) is 6.92 Å². The second kappa shape index (κ2) is 6.76. The first kappa shape index (κ1) is 14.9. The Kier molecular flexibility index (Phi) is 5.03. The summed E-state index contributed by atoms with van der Waals surface area (Å²) in [7, 11) is 0. The number of H-pyrrole nitrogens is 1. The van der Waals surface area contributed by atoms with Gasteiger partial charge >= 0.3 is 5.97 Å². The third kappa shape index (κ3) is 3.74. The normalized spacial score (nSPS) is 12.7. The van der Waals surface area contributed by atoms with E-state index < -0.39 is 12.1 Å². The average Bonchev–Trinajstić information content (AvgIpc) is 2.79. The summed E-state index contributed by atoms with van der Waals surface area (Å²) in [5, 5.41) is 9.80. The van der Waals surface area contributed by atoms with E-state index >= 15 is 0 Å². The van der Waals surface area contributed by atoms with Gasteiger partial charge in [0.25, 0.3) is 0 Å². The van der Waals surface area contributed by atoms with E-state index in [0.717, 1.165) is 16.2 Å². The fraction of sp³-hybridized carbons (Fsp3) is 0.429. The number of imidazole rings is 1. The molecular weight excluding hydrogens is 276 g/mol. The predicted octanol–water partition coefficient (Wildman–Crippen LogP) is 2.84. The van der Waals surface area contributed by atoms with Crippen LogP contribution in [0.3, 0.4) is 0 Å². The number of rotatable bonds is 7. The summed E-state index contributed by atoms with van der Waals surface area (Å²) in [6, 6.07) is 6.05. The van der Waals surface area contributed by atoms with E-state index in [-0.39, 0.29) is 0 Å². The molecule has 0 aliphatic rings. The highest BCUT2D eigenvalue weighted by Crippen LogP contribution is 2.21. The minimum Gasteiger partial charge on any atom is -0.479 e. The number of aryl methyl sites for hydroxylation is 1. The van der Waals surface area contributed by atoms with Crippen LogP contribution < -0.4 is 0 Å². The summed E-state index contributed by atoms with van der Waals surface area (Å²) < 4.78 is 5.17. The lowest BCUT2D eigenvalue weighted by atomic mass is 10.2. The molecule has 2 aromatic rings. The number of aliphatic carboxylic acids is 1. The van der Waals surface area contributed by atoms with Gasteiger partial charge in [-0.25, -0.2) is 9.78 Å². The third-order valence-electron chi connectivity index (χ3n) is 2.88. The van der Waals surface area contributed by atoms with Crippen molar-refractivity contribution in [1.29, 1.82) is 0 Å². The summed E-state index contributed by atoms with van der Waals surface area (Å²) in [5.74, 6) is -0.261. The Bertz CT molecular complexity index is 597. The molecule has 0 aliphatic carbocycles. The van der Waals surface area contributed by atoms with Gasteiger partial charge in [0, 0.05) is 12.4 Å². The number of carboxylic acids is 1. The molecule has 0 saturated carbocycles.